The average Bonchev–Trinajstić information content (AvgIpc) is 2.72. The van der Waals surface area contributed by atoms with E-state index in [4.69, 9.17) is 0 Å². The first-order valence-corrected chi connectivity index (χ1v) is 6.12. The summed E-state index contributed by atoms with van der Waals surface area (Å²) in [7, 11) is 0. The van der Waals surface area contributed by atoms with Gasteiger partial charge in [-0.2, -0.15) is 0 Å². The van der Waals surface area contributed by atoms with E-state index in [1.165, 1.54) is 12.1 Å². The number of phenols is 1. The van der Waals surface area contributed by atoms with E-state index in [9.17, 15) is 19.1 Å². The van der Waals surface area contributed by atoms with Gasteiger partial charge in [-0.3, -0.25) is 19.8 Å². The summed E-state index contributed by atoms with van der Waals surface area (Å²) in [5.74, 6) is -1.57. The molecule has 6 heteroatoms. The van der Waals surface area contributed by atoms with Gasteiger partial charge in [0.05, 0.1) is 6.04 Å². The van der Waals surface area contributed by atoms with E-state index in [1.807, 2.05) is 4.90 Å². The number of halogens is 1. The Hall–Kier alpha value is -1.95. The summed E-state index contributed by atoms with van der Waals surface area (Å²) < 4.78 is 13.3. The number of nitrogens with zero attached hydrogens (tertiary/aromatic N) is 1. The minimum absolute atomic E-state index is 0.248. The number of rotatable bonds is 1. The smallest absolute Gasteiger partial charge is 0.243 e. The molecule has 100 valence electrons. The fourth-order valence-corrected chi connectivity index (χ4v) is 2.69. The summed E-state index contributed by atoms with van der Waals surface area (Å²) in [5.41, 5.74) is 1.60. The summed E-state index contributed by atoms with van der Waals surface area (Å²) in [4.78, 5) is 24.8. The van der Waals surface area contributed by atoms with Crippen molar-refractivity contribution < 1.29 is 19.1 Å². The SMILES string of the molecule is O=C1CCC(N2Cc3cc(O)c(F)cc3C2)C(=O)N1. The van der Waals surface area contributed by atoms with Crippen LogP contribution in [0.3, 0.4) is 0 Å². The molecule has 19 heavy (non-hydrogen) atoms. The van der Waals surface area contributed by atoms with Gasteiger partial charge in [0.1, 0.15) is 0 Å². The van der Waals surface area contributed by atoms with Gasteiger partial charge in [0.15, 0.2) is 11.6 Å². The number of carbonyl (C=O) groups excluding carboxylic acids is 2. The molecule has 0 aliphatic carbocycles. The molecule has 1 aromatic carbocycles. The van der Waals surface area contributed by atoms with Crippen molar-refractivity contribution in [1.82, 2.24) is 10.2 Å². The molecule has 0 aromatic heterocycles. The van der Waals surface area contributed by atoms with Crippen molar-refractivity contribution in [2.45, 2.75) is 32.0 Å². The average molecular weight is 264 g/mol. The summed E-state index contributed by atoms with van der Waals surface area (Å²) in [5, 5.41) is 11.7. The highest BCUT2D eigenvalue weighted by atomic mass is 19.1. The van der Waals surface area contributed by atoms with E-state index < -0.39 is 5.82 Å². The predicted molar refractivity (Wildman–Crippen MR) is 63.5 cm³/mol. The highest BCUT2D eigenvalue weighted by molar-refractivity contribution is 6.00. The second-order valence-electron chi connectivity index (χ2n) is 4.94. The summed E-state index contributed by atoms with van der Waals surface area (Å²) >= 11 is 0. The van der Waals surface area contributed by atoms with Gasteiger partial charge < -0.3 is 5.11 Å². The van der Waals surface area contributed by atoms with Crippen molar-refractivity contribution in [3.63, 3.8) is 0 Å². The lowest BCUT2D eigenvalue weighted by atomic mass is 10.0. The molecule has 2 aliphatic rings. The maximum Gasteiger partial charge on any atom is 0.243 e. The van der Waals surface area contributed by atoms with Gasteiger partial charge in [0.25, 0.3) is 0 Å². The maximum absolute atomic E-state index is 13.3. The molecule has 0 saturated carbocycles. The molecule has 0 radical (unpaired) electrons. The maximum atomic E-state index is 13.3. The summed E-state index contributed by atoms with van der Waals surface area (Å²) in [6.07, 6.45) is 0.802. The third-order valence-electron chi connectivity index (χ3n) is 3.67. The van der Waals surface area contributed by atoms with Crippen LogP contribution in [0, 0.1) is 5.82 Å². The van der Waals surface area contributed by atoms with Gasteiger partial charge in [-0.15, -0.1) is 0 Å². The van der Waals surface area contributed by atoms with Crippen LogP contribution in [0.4, 0.5) is 4.39 Å². The largest absolute Gasteiger partial charge is 0.505 e. The van der Waals surface area contributed by atoms with Crippen molar-refractivity contribution in [2.75, 3.05) is 0 Å². The minimum Gasteiger partial charge on any atom is -0.505 e. The van der Waals surface area contributed by atoms with Crippen LogP contribution in [0.5, 0.6) is 5.75 Å². The Kier molecular flexibility index (Phi) is 2.74. The molecule has 0 bridgehead atoms. The fraction of sp³-hybridized carbons (Fsp3) is 0.385. The first-order chi connectivity index (χ1) is 9.04. The monoisotopic (exact) mass is 264 g/mol. The van der Waals surface area contributed by atoms with E-state index in [0.29, 0.717) is 25.9 Å². The second-order valence-corrected chi connectivity index (χ2v) is 4.94. The van der Waals surface area contributed by atoms with Crippen molar-refractivity contribution >= 4 is 11.8 Å². The highest BCUT2D eigenvalue weighted by Gasteiger charge is 2.35. The lowest BCUT2D eigenvalue weighted by Crippen LogP contribution is -2.50. The Morgan fingerprint density at radius 2 is 1.95 bits per heavy atom. The van der Waals surface area contributed by atoms with Gasteiger partial charge in [0, 0.05) is 19.5 Å². The zero-order chi connectivity index (χ0) is 13.6. The van der Waals surface area contributed by atoms with Gasteiger partial charge in [-0.05, 0) is 29.7 Å². The van der Waals surface area contributed by atoms with Crippen LogP contribution in [0.1, 0.15) is 24.0 Å². The molecule has 1 atom stereocenters. The number of amides is 2. The van der Waals surface area contributed by atoms with Gasteiger partial charge in [0.2, 0.25) is 11.8 Å². The third-order valence-corrected chi connectivity index (χ3v) is 3.67. The second kappa shape index (κ2) is 4.31. The van der Waals surface area contributed by atoms with Crippen molar-refractivity contribution in [3.8, 4) is 5.75 Å². The van der Waals surface area contributed by atoms with Gasteiger partial charge >= 0.3 is 0 Å². The topological polar surface area (TPSA) is 69.6 Å². The van der Waals surface area contributed by atoms with Gasteiger partial charge in [-0.25, -0.2) is 4.39 Å². The molecule has 0 spiro atoms. The number of phenolic OH excluding ortho intramolecular Hbond substituents is 1. The molecule has 3 rings (SSSR count). The molecule has 2 heterocycles. The van der Waals surface area contributed by atoms with E-state index in [0.717, 1.165) is 11.1 Å². The lowest BCUT2D eigenvalue weighted by molar-refractivity contribution is -0.137. The molecular formula is C13H13FN2O3. The van der Waals surface area contributed by atoms with Crippen LogP contribution >= 0.6 is 0 Å². The predicted octanol–water partition coefficient (Wildman–Crippen LogP) is 0.652. The summed E-state index contributed by atoms with van der Waals surface area (Å²) in [6, 6.07) is 2.34. The minimum atomic E-state index is -0.649. The number of nitrogens with one attached hydrogen (secondary N) is 1. The van der Waals surface area contributed by atoms with Crippen molar-refractivity contribution in [3.05, 3.63) is 29.1 Å². The Balaban J connectivity index is 1.80. The number of imide groups is 1. The number of benzene rings is 1. The number of carbonyl (C=O) groups is 2. The zero-order valence-electron chi connectivity index (χ0n) is 10.1. The molecular weight excluding hydrogens is 251 g/mol. The standard InChI is InChI=1S/C13H13FN2O3/c14-9-3-7-5-16(6-8(7)4-11(9)17)10-1-2-12(18)15-13(10)19/h3-4,10,17H,1-2,5-6H2,(H,15,18,19). The van der Waals surface area contributed by atoms with Crippen LogP contribution in [-0.2, 0) is 22.7 Å². The number of aromatic hydroxyl groups is 1. The van der Waals surface area contributed by atoms with E-state index in [2.05, 4.69) is 5.32 Å². The van der Waals surface area contributed by atoms with E-state index in [1.54, 1.807) is 0 Å². The van der Waals surface area contributed by atoms with Crippen LogP contribution < -0.4 is 5.32 Å². The molecule has 1 unspecified atom stereocenters. The normalized spacial score (nSPS) is 23.3. The Morgan fingerprint density at radius 3 is 2.63 bits per heavy atom. The van der Waals surface area contributed by atoms with E-state index in [-0.39, 0.29) is 23.6 Å². The van der Waals surface area contributed by atoms with Crippen LogP contribution in [0.15, 0.2) is 12.1 Å². The molecule has 1 saturated heterocycles. The van der Waals surface area contributed by atoms with Crippen LogP contribution in [-0.4, -0.2) is 27.9 Å². The van der Waals surface area contributed by atoms with Crippen LogP contribution in [0.25, 0.3) is 0 Å². The molecule has 5 nitrogen and oxygen atoms in total. The number of piperidine rings is 1. The lowest BCUT2D eigenvalue weighted by Gasteiger charge is -2.29. The van der Waals surface area contributed by atoms with E-state index >= 15 is 0 Å². The van der Waals surface area contributed by atoms with Crippen molar-refractivity contribution in [2.24, 2.45) is 0 Å². The highest BCUT2D eigenvalue weighted by Crippen LogP contribution is 2.31. The molecule has 1 aromatic rings. The Bertz CT molecular complexity index is 542. The fourth-order valence-electron chi connectivity index (χ4n) is 2.69. The van der Waals surface area contributed by atoms with Gasteiger partial charge in [-0.1, -0.05) is 0 Å². The Morgan fingerprint density at radius 1 is 1.26 bits per heavy atom. The van der Waals surface area contributed by atoms with Crippen LogP contribution in [0.2, 0.25) is 0 Å². The number of hydrogen-bond donors (Lipinski definition) is 2. The molecule has 2 N–H and O–H groups in total. The molecule has 1 fully saturated rings. The zero-order valence-corrected chi connectivity index (χ0v) is 10.1. The van der Waals surface area contributed by atoms with Crippen molar-refractivity contribution in [1.29, 1.82) is 0 Å². The first kappa shape index (κ1) is 12.1. The molecule has 2 aliphatic heterocycles. The number of fused-ring (bicyclic) bond motifs is 1. The summed E-state index contributed by atoms with van der Waals surface area (Å²) in [6.45, 7) is 0.939. The quantitative estimate of drug-likeness (QED) is 0.731. The third kappa shape index (κ3) is 2.08. The Labute approximate surface area is 109 Å². The first-order valence-electron chi connectivity index (χ1n) is 6.12. The molecule has 2 amide bonds. The number of hydrogen-bond acceptors (Lipinski definition) is 4.